The Balaban J connectivity index is 2.50. The summed E-state index contributed by atoms with van der Waals surface area (Å²) in [4.78, 5) is 15.6. The average Bonchev–Trinajstić information content (AvgIpc) is 2.18. The topological polar surface area (TPSA) is 68.0 Å². The third kappa shape index (κ3) is 4.40. The van der Waals surface area contributed by atoms with Crippen LogP contribution in [0, 0.1) is 0 Å². The molecule has 0 saturated heterocycles. The van der Waals surface area contributed by atoms with Crippen LogP contribution >= 0.6 is 0 Å². The monoisotopic (exact) mass is 221 g/mol. The lowest BCUT2D eigenvalue weighted by molar-refractivity contribution is -0.117. The molecule has 4 heteroatoms. The third-order valence-electron chi connectivity index (χ3n) is 2.13. The average molecular weight is 221 g/mol. The molecule has 0 saturated carbocycles. The van der Waals surface area contributed by atoms with Crippen molar-refractivity contribution in [3.8, 4) is 0 Å². The Morgan fingerprint density at radius 1 is 1.50 bits per heavy atom. The zero-order chi connectivity index (χ0) is 12.2. The van der Waals surface area contributed by atoms with Gasteiger partial charge in [-0.2, -0.15) is 0 Å². The molecule has 0 bridgehead atoms. The lowest BCUT2D eigenvalue weighted by atomic mass is 10.1. The predicted octanol–water partition coefficient (Wildman–Crippen LogP) is 1.16. The van der Waals surface area contributed by atoms with E-state index >= 15 is 0 Å². The van der Waals surface area contributed by atoms with E-state index in [4.69, 9.17) is 5.73 Å². The molecule has 88 valence electrons. The highest BCUT2D eigenvalue weighted by Crippen LogP contribution is 2.08. The molecule has 0 aliphatic rings. The summed E-state index contributed by atoms with van der Waals surface area (Å²) in [7, 11) is 0. The van der Waals surface area contributed by atoms with Crippen LogP contribution in [0.15, 0.2) is 18.3 Å². The number of carbonyl (C=O) groups is 1. The molecule has 3 N–H and O–H groups in total. The van der Waals surface area contributed by atoms with Crippen LogP contribution in [0.3, 0.4) is 0 Å². The van der Waals surface area contributed by atoms with Crippen LogP contribution in [0.2, 0.25) is 0 Å². The fourth-order valence-electron chi connectivity index (χ4n) is 1.24. The Hall–Kier alpha value is -1.42. The summed E-state index contributed by atoms with van der Waals surface area (Å²) in [5.74, 6) is 0.557. The maximum atomic E-state index is 11.7. The van der Waals surface area contributed by atoms with Gasteiger partial charge in [0.1, 0.15) is 5.82 Å². The van der Waals surface area contributed by atoms with Crippen LogP contribution in [-0.4, -0.2) is 22.9 Å². The van der Waals surface area contributed by atoms with E-state index in [2.05, 4.69) is 10.3 Å². The highest BCUT2D eigenvalue weighted by Gasteiger charge is 2.12. The van der Waals surface area contributed by atoms with Crippen LogP contribution in [0.25, 0.3) is 0 Å². The first-order valence-corrected chi connectivity index (χ1v) is 5.34. The maximum Gasteiger partial charge on any atom is 0.151 e. The Labute approximate surface area is 96.3 Å². The van der Waals surface area contributed by atoms with Gasteiger partial charge >= 0.3 is 0 Å². The number of hydrogen-bond donors (Lipinski definition) is 2. The first kappa shape index (κ1) is 12.6. The highest BCUT2D eigenvalue weighted by molar-refractivity contribution is 5.83. The fourth-order valence-corrected chi connectivity index (χ4v) is 1.24. The number of ketones is 1. The first-order valence-electron chi connectivity index (χ1n) is 5.34. The van der Waals surface area contributed by atoms with Crippen molar-refractivity contribution in [3.05, 3.63) is 23.9 Å². The molecular weight excluding hydrogens is 202 g/mol. The van der Waals surface area contributed by atoms with Crippen molar-refractivity contribution in [3.63, 3.8) is 0 Å². The van der Waals surface area contributed by atoms with E-state index in [9.17, 15) is 4.79 Å². The number of nitrogens with one attached hydrogen (secondary N) is 1. The molecular formula is C12H19N3O. The number of rotatable bonds is 4. The van der Waals surface area contributed by atoms with Gasteiger partial charge in [0.2, 0.25) is 0 Å². The summed E-state index contributed by atoms with van der Waals surface area (Å²) in [6.07, 6.45) is 1.96. The number of hydrogen-bond acceptors (Lipinski definition) is 4. The molecule has 0 aliphatic heterocycles. The van der Waals surface area contributed by atoms with E-state index in [0.29, 0.717) is 18.8 Å². The van der Waals surface area contributed by atoms with Gasteiger partial charge in [-0.25, -0.2) is 4.98 Å². The molecule has 4 nitrogen and oxygen atoms in total. The number of pyridine rings is 1. The Bertz CT molecular complexity index is 369. The van der Waals surface area contributed by atoms with Crippen molar-refractivity contribution >= 4 is 11.6 Å². The van der Waals surface area contributed by atoms with Crippen molar-refractivity contribution in [1.82, 2.24) is 10.3 Å². The van der Waals surface area contributed by atoms with Crippen LogP contribution in [0.4, 0.5) is 5.82 Å². The standard InChI is InChI=1S/C12H19N3O/c1-12(2,3)15-8-10(16)7-9-5-4-6-14-11(9)13/h4-6,15H,7-8H2,1-3H3,(H2,13,14). The molecule has 0 radical (unpaired) electrons. The SMILES string of the molecule is CC(C)(C)NCC(=O)Cc1cccnc1N. The summed E-state index contributed by atoms with van der Waals surface area (Å²) in [5.41, 5.74) is 6.42. The van der Waals surface area contributed by atoms with Gasteiger partial charge in [0.05, 0.1) is 6.54 Å². The van der Waals surface area contributed by atoms with E-state index < -0.39 is 0 Å². The molecule has 0 amide bonds. The van der Waals surface area contributed by atoms with Crippen LogP contribution < -0.4 is 11.1 Å². The number of nitrogens with zero attached hydrogens (tertiary/aromatic N) is 1. The largest absolute Gasteiger partial charge is 0.383 e. The van der Waals surface area contributed by atoms with Gasteiger partial charge in [-0.1, -0.05) is 6.07 Å². The number of nitrogens with two attached hydrogens (primary N) is 1. The number of carbonyl (C=O) groups excluding carboxylic acids is 1. The van der Waals surface area contributed by atoms with Crippen molar-refractivity contribution in [2.24, 2.45) is 0 Å². The quantitative estimate of drug-likeness (QED) is 0.800. The lowest BCUT2D eigenvalue weighted by Gasteiger charge is -2.19. The Morgan fingerprint density at radius 2 is 2.19 bits per heavy atom. The van der Waals surface area contributed by atoms with Gasteiger partial charge < -0.3 is 11.1 Å². The molecule has 16 heavy (non-hydrogen) atoms. The summed E-state index contributed by atoms with van der Waals surface area (Å²) < 4.78 is 0. The van der Waals surface area contributed by atoms with Crippen LogP contribution in [0.1, 0.15) is 26.3 Å². The Kier molecular flexibility index (Phi) is 4.01. The zero-order valence-electron chi connectivity index (χ0n) is 10.1. The molecule has 1 aromatic rings. The van der Waals surface area contributed by atoms with Gasteiger partial charge in [0, 0.05) is 23.7 Å². The molecule has 0 aliphatic carbocycles. The van der Waals surface area contributed by atoms with E-state index in [1.807, 2.05) is 26.8 Å². The number of Topliss-reactive ketones (excluding diaryl/α,β-unsaturated/α-hetero) is 1. The molecule has 0 spiro atoms. The predicted molar refractivity (Wildman–Crippen MR) is 65.1 cm³/mol. The van der Waals surface area contributed by atoms with E-state index in [1.54, 1.807) is 12.3 Å². The van der Waals surface area contributed by atoms with Gasteiger partial charge in [0.25, 0.3) is 0 Å². The van der Waals surface area contributed by atoms with Gasteiger partial charge in [-0.3, -0.25) is 4.79 Å². The second kappa shape index (κ2) is 5.07. The van der Waals surface area contributed by atoms with Gasteiger partial charge in [-0.05, 0) is 26.8 Å². The lowest BCUT2D eigenvalue weighted by Crippen LogP contribution is -2.39. The maximum absolute atomic E-state index is 11.7. The summed E-state index contributed by atoms with van der Waals surface area (Å²) in [6, 6.07) is 3.62. The number of nitrogen functional groups attached to an aromatic ring is 1. The minimum absolute atomic E-state index is 0.0455. The van der Waals surface area contributed by atoms with Crippen LogP contribution in [0.5, 0.6) is 0 Å². The van der Waals surface area contributed by atoms with E-state index in [-0.39, 0.29) is 11.3 Å². The minimum atomic E-state index is -0.0455. The molecule has 1 rings (SSSR count). The summed E-state index contributed by atoms with van der Waals surface area (Å²) >= 11 is 0. The zero-order valence-corrected chi connectivity index (χ0v) is 10.1. The first-order chi connectivity index (χ1) is 7.38. The summed E-state index contributed by atoms with van der Waals surface area (Å²) in [6.45, 7) is 6.44. The van der Waals surface area contributed by atoms with E-state index in [1.165, 1.54) is 0 Å². The van der Waals surface area contributed by atoms with Crippen molar-refractivity contribution in [2.45, 2.75) is 32.7 Å². The van der Waals surface area contributed by atoms with Gasteiger partial charge in [0.15, 0.2) is 5.78 Å². The normalized spacial score (nSPS) is 11.4. The van der Waals surface area contributed by atoms with Crippen LogP contribution in [-0.2, 0) is 11.2 Å². The second-order valence-corrected chi connectivity index (χ2v) is 4.87. The molecule has 0 aromatic carbocycles. The number of anilines is 1. The Morgan fingerprint density at radius 3 is 2.75 bits per heavy atom. The third-order valence-corrected chi connectivity index (χ3v) is 2.13. The van der Waals surface area contributed by atoms with E-state index in [0.717, 1.165) is 5.56 Å². The minimum Gasteiger partial charge on any atom is -0.383 e. The second-order valence-electron chi connectivity index (χ2n) is 4.87. The smallest absolute Gasteiger partial charge is 0.151 e. The molecule has 0 unspecified atom stereocenters. The fraction of sp³-hybridized carbons (Fsp3) is 0.500. The number of aromatic nitrogens is 1. The highest BCUT2D eigenvalue weighted by atomic mass is 16.1. The molecule has 1 aromatic heterocycles. The van der Waals surface area contributed by atoms with Crippen molar-refractivity contribution in [2.75, 3.05) is 12.3 Å². The molecule has 0 atom stereocenters. The van der Waals surface area contributed by atoms with Crippen molar-refractivity contribution in [1.29, 1.82) is 0 Å². The van der Waals surface area contributed by atoms with Crippen molar-refractivity contribution < 1.29 is 4.79 Å². The molecule has 0 fully saturated rings. The van der Waals surface area contributed by atoms with Gasteiger partial charge in [-0.15, -0.1) is 0 Å². The summed E-state index contributed by atoms with van der Waals surface area (Å²) in [5, 5.41) is 3.15. The molecule has 1 heterocycles.